The molecule has 3 rings (SSSR count). The van der Waals surface area contributed by atoms with Crippen LogP contribution in [0.25, 0.3) is 11.3 Å². The minimum absolute atomic E-state index is 0. The number of carbonyl (C=O) groups is 2. The maximum absolute atomic E-state index is 13.7. The molecule has 0 atom stereocenters. The summed E-state index contributed by atoms with van der Waals surface area (Å²) in [6, 6.07) is 4.39. The summed E-state index contributed by atoms with van der Waals surface area (Å²) in [6.07, 6.45) is 0.290. The number of halogens is 5. The number of nitrogens with two attached hydrogens (primary N) is 1. The van der Waals surface area contributed by atoms with Gasteiger partial charge in [0.1, 0.15) is 0 Å². The third-order valence-corrected chi connectivity index (χ3v) is 5.88. The van der Waals surface area contributed by atoms with Gasteiger partial charge in [0.25, 0.3) is 11.8 Å². The van der Waals surface area contributed by atoms with Crippen LogP contribution in [-0.2, 0) is 19.8 Å². The van der Waals surface area contributed by atoms with Gasteiger partial charge < -0.3 is 20.9 Å². The number of anilines is 1. The van der Waals surface area contributed by atoms with Crippen LogP contribution < -0.4 is 16.4 Å². The largest absolute Gasteiger partial charge is 0.435 e. The molecule has 0 aliphatic carbocycles. The number of alkyl halides is 3. The molecule has 14 heteroatoms. The van der Waals surface area contributed by atoms with E-state index in [0.29, 0.717) is 18.7 Å². The van der Waals surface area contributed by atoms with E-state index < -0.39 is 17.8 Å². The monoisotopic (exact) mass is 587 g/mol. The zero-order valence-electron chi connectivity index (χ0n) is 21.4. The van der Waals surface area contributed by atoms with Crippen LogP contribution in [-0.4, -0.2) is 44.2 Å². The van der Waals surface area contributed by atoms with Crippen molar-refractivity contribution in [1.29, 1.82) is 0 Å². The second-order valence-corrected chi connectivity index (χ2v) is 9.23. The first-order valence-electron chi connectivity index (χ1n) is 11.8. The predicted octanol–water partition coefficient (Wildman–Crippen LogP) is 5.06. The van der Waals surface area contributed by atoms with Crippen LogP contribution in [0.1, 0.15) is 52.9 Å². The summed E-state index contributed by atoms with van der Waals surface area (Å²) in [6.45, 7) is 6.57. The molecule has 0 bridgehead atoms. The smallest absolute Gasteiger partial charge is 0.352 e. The van der Waals surface area contributed by atoms with Crippen LogP contribution in [0, 0.1) is 0 Å². The molecule has 0 saturated heterocycles. The van der Waals surface area contributed by atoms with Crippen LogP contribution in [0.5, 0.6) is 0 Å². The Bertz CT molecular complexity index is 1340. The Labute approximate surface area is 235 Å². The van der Waals surface area contributed by atoms with E-state index in [-0.39, 0.29) is 58.2 Å². The molecule has 2 amide bonds. The van der Waals surface area contributed by atoms with Crippen LogP contribution >= 0.6 is 24.0 Å². The molecule has 9 nitrogen and oxygen atoms in total. The average Bonchev–Trinajstić information content (AvgIpc) is 3.41. The Morgan fingerprint density at radius 1 is 1.18 bits per heavy atom. The van der Waals surface area contributed by atoms with Gasteiger partial charge in [0.05, 0.1) is 34.6 Å². The quantitative estimate of drug-likeness (QED) is 0.214. The second kappa shape index (κ2) is 13.6. The number of rotatable bonds is 11. The highest BCUT2D eigenvalue weighted by Gasteiger charge is 2.38. The number of hydrogen-bond donors (Lipinski definition) is 3. The van der Waals surface area contributed by atoms with E-state index >= 15 is 0 Å². The van der Waals surface area contributed by atoms with Gasteiger partial charge in [-0.25, -0.2) is 4.98 Å². The van der Waals surface area contributed by atoms with Crippen molar-refractivity contribution >= 4 is 41.5 Å². The van der Waals surface area contributed by atoms with Crippen molar-refractivity contribution in [2.24, 2.45) is 12.8 Å². The van der Waals surface area contributed by atoms with Crippen molar-refractivity contribution < 1.29 is 22.8 Å². The van der Waals surface area contributed by atoms with Crippen molar-refractivity contribution in [3.63, 3.8) is 0 Å². The number of hydrogen-bond acceptors (Lipinski definition) is 5. The molecule has 0 saturated carbocycles. The number of unbranched alkanes of at least 4 members (excludes halogenated alkanes) is 2. The summed E-state index contributed by atoms with van der Waals surface area (Å²) in [4.78, 5) is 29.3. The van der Waals surface area contributed by atoms with Gasteiger partial charge in [-0.2, -0.15) is 18.3 Å². The maximum Gasteiger partial charge on any atom is 0.435 e. The minimum Gasteiger partial charge on any atom is -0.352 e. The summed E-state index contributed by atoms with van der Waals surface area (Å²) in [5.41, 5.74) is 5.37. The SMILES string of the molecule is C=C(C)Cn1cc(-c2cnc(C(=O)Nc3ccc(C(=O)NCCCCCN)c(Cl)c3)n2C)c(C(F)(F)F)n1.Cl. The number of imidazole rings is 1. The lowest BCUT2D eigenvalue weighted by atomic mass is 10.1. The Morgan fingerprint density at radius 2 is 1.90 bits per heavy atom. The Morgan fingerprint density at radius 3 is 2.51 bits per heavy atom. The van der Waals surface area contributed by atoms with Crippen molar-refractivity contribution in [1.82, 2.24) is 24.6 Å². The predicted molar refractivity (Wildman–Crippen MR) is 146 cm³/mol. The zero-order chi connectivity index (χ0) is 28.0. The number of benzene rings is 1. The first-order valence-corrected chi connectivity index (χ1v) is 12.2. The molecule has 4 N–H and O–H groups in total. The van der Waals surface area contributed by atoms with Crippen LogP contribution in [0.15, 0.2) is 42.7 Å². The van der Waals surface area contributed by atoms with E-state index in [2.05, 4.69) is 27.3 Å². The summed E-state index contributed by atoms with van der Waals surface area (Å²) in [7, 11) is 1.43. The summed E-state index contributed by atoms with van der Waals surface area (Å²) in [5.74, 6) is -1.15. The van der Waals surface area contributed by atoms with Gasteiger partial charge in [0.15, 0.2) is 11.5 Å². The number of nitrogens with zero attached hydrogens (tertiary/aromatic N) is 4. The lowest BCUT2D eigenvalue weighted by Crippen LogP contribution is -2.25. The molecule has 2 heterocycles. The van der Waals surface area contributed by atoms with Crippen LogP contribution in [0.3, 0.4) is 0 Å². The first kappa shape index (κ1) is 31.9. The number of amides is 2. The van der Waals surface area contributed by atoms with Gasteiger partial charge in [-0.1, -0.05) is 30.2 Å². The Hall–Kier alpha value is -3.35. The first-order chi connectivity index (χ1) is 17.9. The summed E-state index contributed by atoms with van der Waals surface area (Å²) < 4.78 is 43.4. The molecule has 0 radical (unpaired) electrons. The molecule has 2 aromatic heterocycles. The van der Waals surface area contributed by atoms with Gasteiger partial charge in [-0.15, -0.1) is 12.4 Å². The van der Waals surface area contributed by atoms with Crippen molar-refractivity contribution in [2.45, 2.75) is 38.9 Å². The highest BCUT2D eigenvalue weighted by Crippen LogP contribution is 2.36. The lowest BCUT2D eigenvalue weighted by molar-refractivity contribution is -0.141. The summed E-state index contributed by atoms with van der Waals surface area (Å²) in [5, 5.41) is 9.18. The van der Waals surface area contributed by atoms with Gasteiger partial charge in [0.2, 0.25) is 0 Å². The van der Waals surface area contributed by atoms with Gasteiger partial charge in [0, 0.05) is 25.5 Å². The maximum atomic E-state index is 13.7. The van der Waals surface area contributed by atoms with E-state index in [0.717, 1.165) is 23.9 Å². The van der Waals surface area contributed by atoms with E-state index in [9.17, 15) is 22.8 Å². The van der Waals surface area contributed by atoms with Crippen molar-refractivity contribution in [2.75, 3.05) is 18.4 Å². The minimum atomic E-state index is -4.71. The zero-order valence-corrected chi connectivity index (χ0v) is 23.0. The molecule has 212 valence electrons. The molecule has 0 aliphatic heterocycles. The fourth-order valence-corrected chi connectivity index (χ4v) is 4.02. The fraction of sp³-hybridized carbons (Fsp3) is 0.360. The molecule has 1 aromatic carbocycles. The number of allylic oxidation sites excluding steroid dienone is 1. The van der Waals surface area contributed by atoms with Gasteiger partial charge in [-0.05, 0) is 44.5 Å². The highest BCUT2D eigenvalue weighted by atomic mass is 35.5. The normalized spacial score (nSPS) is 11.2. The van der Waals surface area contributed by atoms with Crippen molar-refractivity contribution in [3.8, 4) is 11.3 Å². The molecule has 3 aromatic rings. The standard InChI is InChI=1S/C25H29ClF3N7O2.ClH/c1-15(2)13-36-14-18(21(34-36)25(27,28)29)20-12-32-22(35(20)3)24(38)33-16-7-8-17(19(26)11-16)23(37)31-10-6-4-5-9-30;/h7-8,11-12,14H,1,4-6,9-10,13,30H2,2-3H3,(H,31,37)(H,33,38);1H. The molecular weight excluding hydrogens is 558 g/mol. The lowest BCUT2D eigenvalue weighted by Gasteiger charge is -2.10. The molecule has 0 spiro atoms. The average molecular weight is 588 g/mol. The molecule has 0 aliphatic rings. The second-order valence-electron chi connectivity index (χ2n) is 8.82. The van der Waals surface area contributed by atoms with Crippen LogP contribution in [0.2, 0.25) is 5.02 Å². The van der Waals surface area contributed by atoms with E-state index in [1.807, 2.05) is 0 Å². The molecular formula is C25H30Cl2F3N7O2. The highest BCUT2D eigenvalue weighted by molar-refractivity contribution is 6.34. The number of carbonyl (C=O) groups excluding carboxylic acids is 2. The van der Waals surface area contributed by atoms with E-state index in [4.69, 9.17) is 17.3 Å². The number of aromatic nitrogens is 4. The third kappa shape index (κ3) is 8.07. The van der Waals surface area contributed by atoms with Crippen LogP contribution in [0.4, 0.5) is 18.9 Å². The van der Waals surface area contributed by atoms with Crippen molar-refractivity contribution in [3.05, 3.63) is 64.8 Å². The van der Waals surface area contributed by atoms with E-state index in [1.54, 1.807) is 6.92 Å². The van der Waals surface area contributed by atoms with Gasteiger partial charge in [-0.3, -0.25) is 14.3 Å². The van der Waals surface area contributed by atoms with Gasteiger partial charge >= 0.3 is 6.18 Å². The Balaban J connectivity index is 0.00000533. The third-order valence-electron chi connectivity index (χ3n) is 5.57. The molecule has 39 heavy (non-hydrogen) atoms. The summed E-state index contributed by atoms with van der Waals surface area (Å²) >= 11 is 6.26. The fourth-order valence-electron chi connectivity index (χ4n) is 3.75. The number of nitrogens with one attached hydrogen (secondary N) is 2. The Kier molecular flexibility index (Phi) is 11.1. The topological polar surface area (TPSA) is 120 Å². The molecule has 0 unspecified atom stereocenters. The molecule has 0 fully saturated rings. The van der Waals surface area contributed by atoms with E-state index in [1.165, 1.54) is 42.2 Å².